The molecule has 2 aromatic rings. The fraction of sp³-hybridized carbons (Fsp3) is 0.222. The quantitative estimate of drug-likeness (QED) is 0.913. The number of fused-ring (bicyclic) bond motifs is 1. The first-order chi connectivity index (χ1) is 6.72. The number of hydrogen-bond donors (Lipinski definition) is 1. The van der Waals surface area contributed by atoms with Gasteiger partial charge in [0.2, 0.25) is 0 Å². The lowest BCUT2D eigenvalue weighted by Gasteiger charge is -1.95. The third-order valence-electron chi connectivity index (χ3n) is 1.97. The number of nitrogens with zero attached hydrogens (tertiary/aromatic N) is 2. The Bertz CT molecular complexity index is 466. The van der Waals surface area contributed by atoms with Crippen LogP contribution in [-0.4, -0.2) is 15.9 Å². The summed E-state index contributed by atoms with van der Waals surface area (Å²) in [5, 5.41) is 0.645. The Labute approximate surface area is 95.0 Å². The standard InChI is InChI=1S/C9H9BrClN3/c10-6-1-2-8-13-7(3-4-12)9(11)14(8)5-6/h1-2,5H,3-4,12H2. The van der Waals surface area contributed by atoms with Gasteiger partial charge in [-0.1, -0.05) is 11.6 Å². The summed E-state index contributed by atoms with van der Waals surface area (Å²) in [6.07, 6.45) is 2.60. The van der Waals surface area contributed by atoms with Crippen LogP contribution in [0, 0.1) is 0 Å². The molecule has 0 unspecified atom stereocenters. The summed E-state index contributed by atoms with van der Waals surface area (Å²) in [6.45, 7) is 0.560. The van der Waals surface area contributed by atoms with Gasteiger partial charge in [0.25, 0.3) is 0 Å². The molecule has 0 saturated carbocycles. The molecule has 0 fully saturated rings. The van der Waals surface area contributed by atoms with E-state index in [2.05, 4.69) is 20.9 Å². The van der Waals surface area contributed by atoms with Crippen molar-refractivity contribution >= 4 is 33.2 Å². The van der Waals surface area contributed by atoms with E-state index in [-0.39, 0.29) is 0 Å². The minimum atomic E-state index is 0.560. The van der Waals surface area contributed by atoms with Crippen LogP contribution in [0.5, 0.6) is 0 Å². The lowest BCUT2D eigenvalue weighted by Crippen LogP contribution is -2.03. The Kier molecular flexibility index (Phi) is 2.76. The predicted octanol–water partition coefficient (Wildman–Crippen LogP) is 2.25. The number of nitrogens with two attached hydrogens (primary N) is 1. The summed E-state index contributed by atoms with van der Waals surface area (Å²) in [5.41, 5.74) is 7.17. The Balaban J connectivity index is 2.62. The molecule has 0 saturated heterocycles. The summed E-state index contributed by atoms with van der Waals surface area (Å²) in [7, 11) is 0. The second-order valence-electron chi connectivity index (χ2n) is 2.96. The maximum absolute atomic E-state index is 6.13. The van der Waals surface area contributed by atoms with Crippen LogP contribution in [0.2, 0.25) is 5.15 Å². The van der Waals surface area contributed by atoms with Gasteiger partial charge in [-0.15, -0.1) is 0 Å². The van der Waals surface area contributed by atoms with E-state index in [0.717, 1.165) is 15.8 Å². The SMILES string of the molecule is NCCc1nc2ccc(Br)cn2c1Cl. The smallest absolute Gasteiger partial charge is 0.138 e. The second kappa shape index (κ2) is 3.88. The zero-order chi connectivity index (χ0) is 10.1. The van der Waals surface area contributed by atoms with Gasteiger partial charge >= 0.3 is 0 Å². The van der Waals surface area contributed by atoms with Gasteiger partial charge in [-0.3, -0.25) is 4.40 Å². The van der Waals surface area contributed by atoms with Crippen molar-refractivity contribution in [2.45, 2.75) is 6.42 Å². The average molecular weight is 275 g/mol. The highest BCUT2D eigenvalue weighted by atomic mass is 79.9. The van der Waals surface area contributed by atoms with Gasteiger partial charge in [0, 0.05) is 17.1 Å². The molecule has 2 aromatic heterocycles. The highest BCUT2D eigenvalue weighted by molar-refractivity contribution is 9.10. The summed E-state index contributed by atoms with van der Waals surface area (Å²) in [6, 6.07) is 3.85. The van der Waals surface area contributed by atoms with Crippen molar-refractivity contribution < 1.29 is 0 Å². The van der Waals surface area contributed by atoms with Gasteiger partial charge in [-0.2, -0.15) is 0 Å². The molecular weight excluding hydrogens is 265 g/mol. The molecule has 3 nitrogen and oxygen atoms in total. The van der Waals surface area contributed by atoms with E-state index in [9.17, 15) is 0 Å². The molecule has 0 atom stereocenters. The minimum absolute atomic E-state index is 0.560. The van der Waals surface area contributed by atoms with Crippen LogP contribution >= 0.6 is 27.5 Å². The maximum atomic E-state index is 6.13. The molecule has 2 rings (SSSR count). The lowest BCUT2D eigenvalue weighted by molar-refractivity contribution is 0.937. The molecule has 0 radical (unpaired) electrons. The first-order valence-corrected chi connectivity index (χ1v) is 5.41. The van der Waals surface area contributed by atoms with Crippen LogP contribution in [0.1, 0.15) is 5.69 Å². The number of aromatic nitrogens is 2. The van der Waals surface area contributed by atoms with Gasteiger partial charge in [0.05, 0.1) is 5.69 Å². The lowest BCUT2D eigenvalue weighted by atomic mass is 10.3. The van der Waals surface area contributed by atoms with Crippen LogP contribution in [0.3, 0.4) is 0 Å². The summed E-state index contributed by atoms with van der Waals surface area (Å²) in [4.78, 5) is 4.37. The van der Waals surface area contributed by atoms with E-state index >= 15 is 0 Å². The third-order valence-corrected chi connectivity index (χ3v) is 2.84. The third kappa shape index (κ3) is 1.65. The highest BCUT2D eigenvalue weighted by Crippen LogP contribution is 2.21. The Morgan fingerprint density at radius 1 is 1.50 bits per heavy atom. The molecule has 2 heterocycles. The van der Waals surface area contributed by atoms with E-state index in [1.807, 2.05) is 22.7 Å². The molecule has 14 heavy (non-hydrogen) atoms. The van der Waals surface area contributed by atoms with Crippen molar-refractivity contribution in [1.29, 1.82) is 0 Å². The van der Waals surface area contributed by atoms with Crippen LogP contribution in [-0.2, 0) is 6.42 Å². The van der Waals surface area contributed by atoms with Crippen molar-refractivity contribution in [2.75, 3.05) is 6.54 Å². The van der Waals surface area contributed by atoms with Gasteiger partial charge in [0.15, 0.2) is 0 Å². The van der Waals surface area contributed by atoms with E-state index in [1.165, 1.54) is 0 Å². The molecular formula is C9H9BrClN3. The van der Waals surface area contributed by atoms with E-state index in [1.54, 1.807) is 0 Å². The molecule has 0 amide bonds. The van der Waals surface area contributed by atoms with Crippen LogP contribution < -0.4 is 5.73 Å². The van der Waals surface area contributed by atoms with Crippen LogP contribution in [0.25, 0.3) is 5.65 Å². The fourth-order valence-corrected chi connectivity index (χ4v) is 1.94. The van der Waals surface area contributed by atoms with E-state index in [4.69, 9.17) is 17.3 Å². The molecule has 0 aliphatic carbocycles. The van der Waals surface area contributed by atoms with Crippen molar-refractivity contribution in [1.82, 2.24) is 9.38 Å². The average Bonchev–Trinajstić information content (AvgIpc) is 2.46. The second-order valence-corrected chi connectivity index (χ2v) is 4.24. The number of hydrogen-bond acceptors (Lipinski definition) is 2. The molecule has 0 aliphatic heterocycles. The maximum Gasteiger partial charge on any atom is 0.138 e. The van der Waals surface area contributed by atoms with Crippen LogP contribution in [0.4, 0.5) is 0 Å². The minimum Gasteiger partial charge on any atom is -0.330 e. The Morgan fingerprint density at radius 2 is 2.29 bits per heavy atom. The molecule has 0 spiro atoms. The van der Waals surface area contributed by atoms with E-state index in [0.29, 0.717) is 18.1 Å². The highest BCUT2D eigenvalue weighted by Gasteiger charge is 2.08. The first kappa shape index (κ1) is 9.96. The van der Waals surface area contributed by atoms with E-state index < -0.39 is 0 Å². The number of rotatable bonds is 2. The van der Waals surface area contributed by atoms with Gasteiger partial charge in [-0.25, -0.2) is 4.98 Å². The zero-order valence-corrected chi connectivity index (χ0v) is 9.72. The first-order valence-electron chi connectivity index (χ1n) is 4.24. The van der Waals surface area contributed by atoms with Crippen molar-refractivity contribution in [3.05, 3.63) is 33.6 Å². The molecule has 5 heteroatoms. The normalized spacial score (nSPS) is 11.1. The van der Waals surface area contributed by atoms with Crippen molar-refractivity contribution in [3.8, 4) is 0 Å². The van der Waals surface area contributed by atoms with Gasteiger partial charge in [-0.05, 0) is 34.6 Å². The number of halogens is 2. The molecule has 0 bridgehead atoms. The molecule has 2 N–H and O–H groups in total. The van der Waals surface area contributed by atoms with Crippen molar-refractivity contribution in [2.24, 2.45) is 5.73 Å². The number of imidazole rings is 1. The molecule has 0 aliphatic rings. The topological polar surface area (TPSA) is 43.3 Å². The van der Waals surface area contributed by atoms with Crippen LogP contribution in [0.15, 0.2) is 22.8 Å². The number of pyridine rings is 1. The predicted molar refractivity (Wildman–Crippen MR) is 60.7 cm³/mol. The monoisotopic (exact) mass is 273 g/mol. The Hall–Kier alpha value is -0.580. The van der Waals surface area contributed by atoms with Gasteiger partial charge in [0.1, 0.15) is 10.8 Å². The Morgan fingerprint density at radius 3 is 3.00 bits per heavy atom. The fourth-order valence-electron chi connectivity index (χ4n) is 1.33. The largest absolute Gasteiger partial charge is 0.330 e. The zero-order valence-electron chi connectivity index (χ0n) is 7.37. The van der Waals surface area contributed by atoms with Crippen molar-refractivity contribution in [3.63, 3.8) is 0 Å². The summed E-state index contributed by atoms with van der Waals surface area (Å²) >= 11 is 9.51. The summed E-state index contributed by atoms with van der Waals surface area (Å²) < 4.78 is 2.82. The molecule has 74 valence electrons. The van der Waals surface area contributed by atoms with Gasteiger partial charge < -0.3 is 5.73 Å². The molecule has 0 aromatic carbocycles. The summed E-state index contributed by atoms with van der Waals surface area (Å²) in [5.74, 6) is 0.